The Bertz CT molecular complexity index is 1150. The van der Waals surface area contributed by atoms with E-state index in [2.05, 4.69) is 10.6 Å². The van der Waals surface area contributed by atoms with E-state index in [1.54, 1.807) is 55.6 Å². The van der Waals surface area contributed by atoms with E-state index in [1.165, 1.54) is 6.07 Å². The molecule has 1 aromatic heterocycles. The number of carbonyl (C=O) groups excluding carboxylic acids is 1. The zero-order chi connectivity index (χ0) is 20.2. The van der Waals surface area contributed by atoms with Crippen molar-refractivity contribution >= 4 is 28.3 Å². The SMILES string of the molecule is COc1ccc(NC(=O)c2oc3ccccc3c2NCc2ccccc2F)cc1. The summed E-state index contributed by atoms with van der Waals surface area (Å²) in [6.45, 7) is 0.221. The van der Waals surface area contributed by atoms with Crippen LogP contribution in [0.4, 0.5) is 15.8 Å². The Hall–Kier alpha value is -3.80. The smallest absolute Gasteiger partial charge is 0.293 e. The summed E-state index contributed by atoms with van der Waals surface area (Å²) in [5.41, 5.74) is 2.20. The number of ether oxygens (including phenoxy) is 1. The fraction of sp³-hybridized carbons (Fsp3) is 0.0870. The van der Waals surface area contributed by atoms with E-state index < -0.39 is 5.91 Å². The van der Waals surface area contributed by atoms with Crippen LogP contribution in [0.25, 0.3) is 11.0 Å². The van der Waals surface area contributed by atoms with Crippen LogP contribution in [0.3, 0.4) is 0 Å². The molecule has 0 radical (unpaired) electrons. The van der Waals surface area contributed by atoms with Gasteiger partial charge in [-0.05, 0) is 42.5 Å². The third kappa shape index (κ3) is 3.91. The van der Waals surface area contributed by atoms with Gasteiger partial charge < -0.3 is 19.8 Å². The van der Waals surface area contributed by atoms with Crippen LogP contribution in [-0.2, 0) is 6.54 Å². The number of hydrogen-bond donors (Lipinski definition) is 2. The molecule has 5 nitrogen and oxygen atoms in total. The fourth-order valence-corrected chi connectivity index (χ4v) is 3.07. The summed E-state index contributed by atoms with van der Waals surface area (Å²) in [5, 5.41) is 6.74. The average molecular weight is 390 g/mol. The molecule has 0 aliphatic carbocycles. The molecular weight excluding hydrogens is 371 g/mol. The molecule has 0 saturated carbocycles. The lowest BCUT2D eigenvalue weighted by atomic mass is 10.1. The molecule has 146 valence electrons. The van der Waals surface area contributed by atoms with Crippen molar-refractivity contribution in [3.05, 3.63) is 89.9 Å². The molecule has 6 heteroatoms. The molecule has 0 bridgehead atoms. The number of amides is 1. The number of nitrogens with one attached hydrogen (secondary N) is 2. The third-order valence-electron chi connectivity index (χ3n) is 4.56. The highest BCUT2D eigenvalue weighted by Gasteiger charge is 2.21. The largest absolute Gasteiger partial charge is 0.497 e. The van der Waals surface area contributed by atoms with E-state index in [0.717, 1.165) is 5.39 Å². The van der Waals surface area contributed by atoms with Crippen LogP contribution in [-0.4, -0.2) is 13.0 Å². The lowest BCUT2D eigenvalue weighted by Crippen LogP contribution is -2.13. The second-order valence-corrected chi connectivity index (χ2v) is 6.43. The number of carbonyl (C=O) groups is 1. The zero-order valence-corrected chi connectivity index (χ0v) is 15.7. The summed E-state index contributed by atoms with van der Waals surface area (Å²) >= 11 is 0. The van der Waals surface area contributed by atoms with E-state index in [4.69, 9.17) is 9.15 Å². The summed E-state index contributed by atoms with van der Waals surface area (Å²) in [4.78, 5) is 12.9. The third-order valence-corrected chi connectivity index (χ3v) is 4.56. The van der Waals surface area contributed by atoms with Gasteiger partial charge in [0.25, 0.3) is 5.91 Å². The van der Waals surface area contributed by atoms with Gasteiger partial charge in [0, 0.05) is 23.2 Å². The van der Waals surface area contributed by atoms with Gasteiger partial charge in [-0.2, -0.15) is 0 Å². The predicted octanol–water partition coefficient (Wildman–Crippen LogP) is 5.44. The van der Waals surface area contributed by atoms with Crippen molar-refractivity contribution in [2.45, 2.75) is 6.54 Å². The van der Waals surface area contributed by atoms with Gasteiger partial charge in [-0.3, -0.25) is 4.79 Å². The Kier molecular flexibility index (Phi) is 5.16. The van der Waals surface area contributed by atoms with E-state index in [9.17, 15) is 9.18 Å². The maximum atomic E-state index is 14.0. The summed E-state index contributed by atoms with van der Waals surface area (Å²) in [5.74, 6) is 0.122. The van der Waals surface area contributed by atoms with Gasteiger partial charge in [-0.15, -0.1) is 0 Å². The van der Waals surface area contributed by atoms with Gasteiger partial charge in [0.1, 0.15) is 17.1 Å². The first-order valence-corrected chi connectivity index (χ1v) is 9.10. The van der Waals surface area contributed by atoms with Gasteiger partial charge in [0.15, 0.2) is 0 Å². The van der Waals surface area contributed by atoms with Crippen LogP contribution in [0.5, 0.6) is 5.75 Å². The molecule has 0 aliphatic rings. The lowest BCUT2D eigenvalue weighted by Gasteiger charge is -2.09. The number of halogens is 1. The van der Waals surface area contributed by atoms with Crippen LogP contribution in [0, 0.1) is 5.82 Å². The van der Waals surface area contributed by atoms with Gasteiger partial charge in [-0.1, -0.05) is 30.3 Å². The van der Waals surface area contributed by atoms with Crippen LogP contribution in [0.15, 0.2) is 77.2 Å². The summed E-state index contributed by atoms with van der Waals surface area (Å²) in [6, 6.07) is 20.8. The van der Waals surface area contributed by atoms with Gasteiger partial charge in [0.2, 0.25) is 5.76 Å². The van der Waals surface area contributed by atoms with Crippen LogP contribution < -0.4 is 15.4 Å². The second-order valence-electron chi connectivity index (χ2n) is 6.43. The molecule has 1 amide bonds. The number of rotatable bonds is 6. The highest BCUT2D eigenvalue weighted by atomic mass is 19.1. The quantitative estimate of drug-likeness (QED) is 0.460. The zero-order valence-electron chi connectivity index (χ0n) is 15.7. The van der Waals surface area contributed by atoms with Crippen molar-refractivity contribution in [2.75, 3.05) is 17.7 Å². The van der Waals surface area contributed by atoms with Crippen molar-refractivity contribution in [2.24, 2.45) is 0 Å². The predicted molar refractivity (Wildman–Crippen MR) is 111 cm³/mol. The molecule has 0 fully saturated rings. The Morgan fingerprint density at radius 3 is 2.48 bits per heavy atom. The Morgan fingerprint density at radius 2 is 1.72 bits per heavy atom. The normalized spacial score (nSPS) is 10.7. The first kappa shape index (κ1) is 18.6. The van der Waals surface area contributed by atoms with E-state index in [-0.39, 0.29) is 18.1 Å². The second kappa shape index (κ2) is 8.06. The number of anilines is 2. The molecule has 2 N–H and O–H groups in total. The van der Waals surface area contributed by atoms with Crippen molar-refractivity contribution in [1.29, 1.82) is 0 Å². The van der Waals surface area contributed by atoms with Crippen molar-refractivity contribution < 1.29 is 18.3 Å². The highest BCUT2D eigenvalue weighted by molar-refractivity contribution is 6.11. The summed E-state index contributed by atoms with van der Waals surface area (Å²) in [6.07, 6.45) is 0. The molecule has 0 spiro atoms. The number of furan rings is 1. The van der Waals surface area contributed by atoms with Gasteiger partial charge in [-0.25, -0.2) is 4.39 Å². The first-order valence-electron chi connectivity index (χ1n) is 9.10. The molecule has 0 saturated heterocycles. The number of benzene rings is 3. The first-order chi connectivity index (χ1) is 14.2. The van der Waals surface area contributed by atoms with Crippen molar-refractivity contribution in [3.8, 4) is 5.75 Å². The highest BCUT2D eigenvalue weighted by Crippen LogP contribution is 2.32. The van der Waals surface area contributed by atoms with Crippen molar-refractivity contribution in [1.82, 2.24) is 0 Å². The maximum absolute atomic E-state index is 14.0. The lowest BCUT2D eigenvalue weighted by molar-refractivity contribution is 0.0999. The van der Waals surface area contributed by atoms with Crippen LogP contribution in [0.1, 0.15) is 16.1 Å². The van der Waals surface area contributed by atoms with E-state index >= 15 is 0 Å². The van der Waals surface area contributed by atoms with Gasteiger partial charge >= 0.3 is 0 Å². The minimum atomic E-state index is -0.401. The molecule has 1 heterocycles. The fourth-order valence-electron chi connectivity index (χ4n) is 3.07. The summed E-state index contributed by atoms with van der Waals surface area (Å²) in [7, 11) is 1.58. The number of methoxy groups -OCH3 is 1. The van der Waals surface area contributed by atoms with Gasteiger partial charge in [0.05, 0.1) is 12.8 Å². The molecule has 0 aliphatic heterocycles. The Balaban J connectivity index is 1.63. The number of fused-ring (bicyclic) bond motifs is 1. The maximum Gasteiger partial charge on any atom is 0.293 e. The molecule has 0 atom stereocenters. The van der Waals surface area contributed by atoms with Crippen molar-refractivity contribution in [3.63, 3.8) is 0 Å². The minimum absolute atomic E-state index is 0.137. The molecule has 29 heavy (non-hydrogen) atoms. The Morgan fingerprint density at radius 1 is 1.00 bits per heavy atom. The number of para-hydroxylation sites is 1. The summed E-state index contributed by atoms with van der Waals surface area (Å²) < 4.78 is 24.9. The monoisotopic (exact) mass is 390 g/mol. The molecule has 3 aromatic carbocycles. The molecule has 0 unspecified atom stereocenters. The Labute approximate surface area is 167 Å². The standard InChI is InChI=1S/C23H19FN2O3/c1-28-17-12-10-16(11-13-17)26-23(27)22-21(18-7-3-5-9-20(18)29-22)25-14-15-6-2-4-8-19(15)24/h2-13,25H,14H2,1H3,(H,26,27). The molecule has 4 rings (SSSR count). The average Bonchev–Trinajstić information content (AvgIpc) is 3.12. The molecule has 4 aromatic rings. The van der Waals surface area contributed by atoms with E-state index in [0.29, 0.717) is 28.3 Å². The van der Waals surface area contributed by atoms with Crippen LogP contribution in [0.2, 0.25) is 0 Å². The molecular formula is C23H19FN2O3. The van der Waals surface area contributed by atoms with Crippen LogP contribution >= 0.6 is 0 Å². The minimum Gasteiger partial charge on any atom is -0.497 e. The van der Waals surface area contributed by atoms with E-state index in [1.807, 2.05) is 18.2 Å². The topological polar surface area (TPSA) is 63.5 Å². The number of hydrogen-bond acceptors (Lipinski definition) is 4.